The molecule has 0 bridgehead atoms. The first kappa shape index (κ1) is 20.4. The number of likely N-dealkylation sites (N-methyl/N-ethyl adjacent to an activating group) is 1. The summed E-state index contributed by atoms with van der Waals surface area (Å²) in [4.78, 5) is 36.0. The summed E-state index contributed by atoms with van der Waals surface area (Å²) in [5, 5.41) is 11.4. The summed E-state index contributed by atoms with van der Waals surface area (Å²) >= 11 is 0. The van der Waals surface area contributed by atoms with E-state index in [1.807, 2.05) is 36.4 Å². The lowest BCUT2D eigenvalue weighted by molar-refractivity contribution is -0.143. The van der Waals surface area contributed by atoms with E-state index >= 15 is 0 Å². The van der Waals surface area contributed by atoms with Gasteiger partial charge in [0, 0.05) is 25.4 Å². The molecular weight excluding hydrogens is 372 g/mol. The van der Waals surface area contributed by atoms with E-state index in [2.05, 4.69) is 17.4 Å². The molecule has 0 saturated heterocycles. The summed E-state index contributed by atoms with van der Waals surface area (Å²) in [7, 11) is 1.41. The first-order valence-corrected chi connectivity index (χ1v) is 9.44. The first-order valence-electron chi connectivity index (χ1n) is 9.44. The lowest BCUT2D eigenvalue weighted by atomic mass is 9.98. The zero-order valence-corrected chi connectivity index (χ0v) is 16.4. The molecule has 2 amide bonds. The molecule has 1 aliphatic carbocycles. The number of hydrogen-bond donors (Lipinski definition) is 2. The number of carbonyl (C=O) groups is 3. The summed E-state index contributed by atoms with van der Waals surface area (Å²) < 4.78 is 5.45. The van der Waals surface area contributed by atoms with Crippen LogP contribution in [0.15, 0.2) is 48.5 Å². The minimum Gasteiger partial charge on any atom is -0.480 e. The SMILES string of the molecule is C[C@@H](CC(=O)N(C)CC(=O)O)NC(=O)OCC1c2ccccc2-c2ccccc21. The molecule has 1 aliphatic rings. The predicted octanol–water partition coefficient (Wildman–Crippen LogP) is 2.85. The van der Waals surface area contributed by atoms with Gasteiger partial charge in [0.2, 0.25) is 5.91 Å². The molecule has 0 aliphatic heterocycles. The van der Waals surface area contributed by atoms with Gasteiger partial charge in [0.25, 0.3) is 0 Å². The normalized spacial score (nSPS) is 13.2. The zero-order chi connectivity index (χ0) is 21.0. The Morgan fingerprint density at radius 2 is 1.62 bits per heavy atom. The lowest BCUT2D eigenvalue weighted by Crippen LogP contribution is -2.40. The van der Waals surface area contributed by atoms with Crippen molar-refractivity contribution in [2.24, 2.45) is 0 Å². The van der Waals surface area contributed by atoms with Gasteiger partial charge in [-0.2, -0.15) is 0 Å². The number of alkyl carbamates (subject to hydrolysis) is 1. The summed E-state index contributed by atoms with van der Waals surface area (Å²) in [6, 6.07) is 15.7. The standard InChI is InChI=1S/C22H24N2O5/c1-14(11-20(25)24(2)12-21(26)27)23-22(28)29-13-19-17-9-5-3-7-15(17)16-8-4-6-10-18(16)19/h3-10,14,19H,11-13H2,1-2H3,(H,23,28)(H,26,27)/t14-/m0/s1. The molecule has 0 unspecified atom stereocenters. The number of benzene rings is 2. The highest BCUT2D eigenvalue weighted by atomic mass is 16.5. The van der Waals surface area contributed by atoms with Crippen LogP contribution in [0.4, 0.5) is 4.79 Å². The van der Waals surface area contributed by atoms with Crippen molar-refractivity contribution in [1.29, 1.82) is 0 Å². The predicted molar refractivity (Wildman–Crippen MR) is 108 cm³/mol. The van der Waals surface area contributed by atoms with E-state index in [1.165, 1.54) is 7.05 Å². The topological polar surface area (TPSA) is 95.9 Å². The number of carbonyl (C=O) groups excluding carboxylic acids is 2. The van der Waals surface area contributed by atoms with Gasteiger partial charge in [-0.15, -0.1) is 0 Å². The summed E-state index contributed by atoms with van der Waals surface area (Å²) in [5.74, 6) is -1.48. The number of aliphatic carboxylic acids is 1. The molecule has 3 rings (SSSR count). The number of ether oxygens (including phenoxy) is 1. The van der Waals surface area contributed by atoms with Crippen LogP contribution in [0.5, 0.6) is 0 Å². The second kappa shape index (κ2) is 8.77. The van der Waals surface area contributed by atoms with Crippen molar-refractivity contribution >= 4 is 18.0 Å². The van der Waals surface area contributed by atoms with Gasteiger partial charge in [-0.05, 0) is 29.2 Å². The van der Waals surface area contributed by atoms with E-state index < -0.39 is 18.1 Å². The van der Waals surface area contributed by atoms with Crippen LogP contribution in [0.3, 0.4) is 0 Å². The highest BCUT2D eigenvalue weighted by molar-refractivity contribution is 5.82. The number of carboxylic acids is 1. The molecule has 7 heteroatoms. The molecule has 0 radical (unpaired) electrons. The number of nitrogens with one attached hydrogen (secondary N) is 1. The molecule has 0 heterocycles. The molecule has 152 valence electrons. The van der Waals surface area contributed by atoms with Crippen molar-refractivity contribution in [2.45, 2.75) is 25.3 Å². The Morgan fingerprint density at radius 1 is 1.07 bits per heavy atom. The van der Waals surface area contributed by atoms with E-state index in [-0.39, 0.29) is 31.4 Å². The van der Waals surface area contributed by atoms with Crippen LogP contribution in [-0.4, -0.2) is 54.2 Å². The van der Waals surface area contributed by atoms with Gasteiger partial charge in [-0.3, -0.25) is 9.59 Å². The van der Waals surface area contributed by atoms with Crippen LogP contribution in [-0.2, 0) is 14.3 Å². The van der Waals surface area contributed by atoms with Gasteiger partial charge < -0.3 is 20.1 Å². The zero-order valence-electron chi connectivity index (χ0n) is 16.4. The van der Waals surface area contributed by atoms with Gasteiger partial charge in [-0.1, -0.05) is 48.5 Å². The average Bonchev–Trinajstić information content (AvgIpc) is 2.99. The van der Waals surface area contributed by atoms with Gasteiger partial charge in [0.05, 0.1) is 0 Å². The fourth-order valence-electron chi connectivity index (χ4n) is 3.60. The van der Waals surface area contributed by atoms with Crippen LogP contribution in [0, 0.1) is 0 Å². The molecule has 29 heavy (non-hydrogen) atoms. The van der Waals surface area contributed by atoms with Crippen LogP contribution >= 0.6 is 0 Å². The van der Waals surface area contributed by atoms with E-state index in [4.69, 9.17) is 9.84 Å². The Labute approximate surface area is 169 Å². The minimum atomic E-state index is -1.09. The molecule has 7 nitrogen and oxygen atoms in total. The Balaban J connectivity index is 1.56. The molecule has 1 atom stereocenters. The molecule has 0 fully saturated rings. The molecule has 0 spiro atoms. The maximum Gasteiger partial charge on any atom is 0.407 e. The largest absolute Gasteiger partial charge is 0.480 e. The fourth-order valence-corrected chi connectivity index (χ4v) is 3.60. The third-order valence-corrected chi connectivity index (χ3v) is 4.99. The molecule has 2 N–H and O–H groups in total. The molecular formula is C22H24N2O5. The maximum atomic E-state index is 12.2. The summed E-state index contributed by atoms with van der Waals surface area (Å²) in [6.45, 7) is 1.49. The summed E-state index contributed by atoms with van der Waals surface area (Å²) in [6.07, 6.45) is -0.610. The van der Waals surface area contributed by atoms with E-state index in [9.17, 15) is 14.4 Å². The van der Waals surface area contributed by atoms with Crippen LogP contribution in [0.2, 0.25) is 0 Å². The smallest absolute Gasteiger partial charge is 0.407 e. The first-order chi connectivity index (χ1) is 13.9. The third kappa shape index (κ3) is 4.74. The molecule has 0 saturated carbocycles. The van der Waals surface area contributed by atoms with Crippen molar-refractivity contribution in [1.82, 2.24) is 10.2 Å². The van der Waals surface area contributed by atoms with E-state index in [0.717, 1.165) is 27.2 Å². The monoisotopic (exact) mass is 396 g/mol. The van der Waals surface area contributed by atoms with E-state index in [0.29, 0.717) is 0 Å². The number of rotatable bonds is 7. The quantitative estimate of drug-likeness (QED) is 0.750. The van der Waals surface area contributed by atoms with Crippen LogP contribution in [0.25, 0.3) is 11.1 Å². The Kier molecular flexibility index (Phi) is 6.16. The van der Waals surface area contributed by atoms with Crippen molar-refractivity contribution in [3.63, 3.8) is 0 Å². The van der Waals surface area contributed by atoms with Crippen molar-refractivity contribution in [3.05, 3.63) is 59.7 Å². The molecule has 0 aromatic heterocycles. The molecule has 2 aromatic carbocycles. The maximum absolute atomic E-state index is 12.2. The summed E-state index contributed by atoms with van der Waals surface area (Å²) in [5.41, 5.74) is 4.55. The lowest BCUT2D eigenvalue weighted by Gasteiger charge is -2.19. The van der Waals surface area contributed by atoms with Crippen molar-refractivity contribution in [3.8, 4) is 11.1 Å². The van der Waals surface area contributed by atoms with Crippen LogP contribution < -0.4 is 5.32 Å². The Morgan fingerprint density at radius 3 is 2.17 bits per heavy atom. The van der Waals surface area contributed by atoms with Crippen molar-refractivity contribution in [2.75, 3.05) is 20.2 Å². The highest BCUT2D eigenvalue weighted by Gasteiger charge is 2.29. The Bertz CT molecular complexity index is 881. The van der Waals surface area contributed by atoms with Gasteiger partial charge >= 0.3 is 12.1 Å². The highest BCUT2D eigenvalue weighted by Crippen LogP contribution is 2.44. The number of hydrogen-bond acceptors (Lipinski definition) is 4. The van der Waals surface area contributed by atoms with Gasteiger partial charge in [-0.25, -0.2) is 4.79 Å². The third-order valence-electron chi connectivity index (χ3n) is 4.99. The second-order valence-corrected chi connectivity index (χ2v) is 7.22. The molecule has 2 aromatic rings. The van der Waals surface area contributed by atoms with Gasteiger partial charge in [0.1, 0.15) is 13.2 Å². The number of carboxylic acid groups (broad SMARTS) is 1. The minimum absolute atomic E-state index is 0.00598. The average molecular weight is 396 g/mol. The Hall–Kier alpha value is -3.35. The van der Waals surface area contributed by atoms with Crippen molar-refractivity contribution < 1.29 is 24.2 Å². The fraction of sp³-hybridized carbons (Fsp3) is 0.318. The van der Waals surface area contributed by atoms with Gasteiger partial charge in [0.15, 0.2) is 0 Å². The van der Waals surface area contributed by atoms with Crippen LogP contribution in [0.1, 0.15) is 30.4 Å². The number of fused-ring (bicyclic) bond motifs is 3. The second-order valence-electron chi connectivity index (χ2n) is 7.22. The number of amides is 2. The number of nitrogens with zero attached hydrogens (tertiary/aromatic N) is 1. The van der Waals surface area contributed by atoms with E-state index in [1.54, 1.807) is 6.92 Å².